The Labute approximate surface area is 170 Å². The van der Waals surface area contributed by atoms with Gasteiger partial charge in [0.15, 0.2) is 6.61 Å². The van der Waals surface area contributed by atoms with Gasteiger partial charge in [-0.15, -0.1) is 0 Å². The van der Waals surface area contributed by atoms with Gasteiger partial charge in [-0.05, 0) is 74.2 Å². The van der Waals surface area contributed by atoms with Crippen molar-refractivity contribution in [2.24, 2.45) is 0 Å². The van der Waals surface area contributed by atoms with Gasteiger partial charge in [0.1, 0.15) is 23.1 Å². The number of hydrogen-bond donors (Lipinski definition) is 0. The Hall–Kier alpha value is -3.59. The van der Waals surface area contributed by atoms with Crippen LogP contribution >= 0.6 is 0 Å². The normalized spacial score (nSPS) is 10.8. The molecule has 0 N–H and O–H groups in total. The topological polar surface area (TPSA) is 85.6 Å². The molecule has 150 valence electrons. The van der Waals surface area contributed by atoms with E-state index in [0.717, 1.165) is 16.7 Å². The monoisotopic (exact) mass is 393 g/mol. The predicted molar refractivity (Wildman–Crippen MR) is 108 cm³/mol. The number of nitrogens with zero attached hydrogens (tertiary/aromatic N) is 1. The van der Waals surface area contributed by atoms with Gasteiger partial charge in [-0.2, -0.15) is 5.26 Å². The van der Waals surface area contributed by atoms with Crippen LogP contribution in [0.2, 0.25) is 0 Å². The Balaban J connectivity index is 2.06. The van der Waals surface area contributed by atoms with Crippen molar-refractivity contribution in [2.75, 3.05) is 13.2 Å². The fraction of sp³-hybridized carbons (Fsp3) is 0.261. The molecule has 2 rings (SSSR count). The van der Waals surface area contributed by atoms with E-state index in [1.165, 1.54) is 6.08 Å². The van der Waals surface area contributed by atoms with Crippen LogP contribution in [-0.2, 0) is 14.3 Å². The first-order chi connectivity index (χ1) is 13.8. The molecule has 29 heavy (non-hydrogen) atoms. The molecule has 0 aliphatic rings. The SMILES string of the molecule is CCOC(=O)/C(C#N)=C/c1cccc(OC(=O)COc2cc(C)cc(C)c2C)c1. The lowest BCUT2D eigenvalue weighted by molar-refractivity contribution is -0.138. The number of rotatable bonds is 7. The molecule has 0 saturated heterocycles. The second-order valence-electron chi connectivity index (χ2n) is 6.43. The summed E-state index contributed by atoms with van der Waals surface area (Å²) in [6.45, 7) is 7.47. The molecule has 0 aliphatic carbocycles. The highest BCUT2D eigenvalue weighted by Crippen LogP contribution is 2.23. The van der Waals surface area contributed by atoms with E-state index in [-0.39, 0.29) is 24.5 Å². The van der Waals surface area contributed by atoms with E-state index in [9.17, 15) is 9.59 Å². The quantitative estimate of drug-likeness (QED) is 0.305. The van der Waals surface area contributed by atoms with Gasteiger partial charge in [0, 0.05) is 0 Å². The number of benzene rings is 2. The Morgan fingerprint density at radius 1 is 1.14 bits per heavy atom. The standard InChI is InChI=1S/C23H23NO5/c1-5-27-23(26)19(13-24)11-18-7-6-8-20(12-18)29-22(25)14-28-21-10-15(2)9-16(3)17(21)4/h6-12H,5,14H2,1-4H3/b19-11+. The van der Waals surface area contributed by atoms with Crippen LogP contribution in [-0.4, -0.2) is 25.2 Å². The van der Waals surface area contributed by atoms with Gasteiger partial charge in [-0.1, -0.05) is 18.2 Å². The van der Waals surface area contributed by atoms with Gasteiger partial charge in [0.05, 0.1) is 6.61 Å². The summed E-state index contributed by atoms with van der Waals surface area (Å²) in [5.41, 5.74) is 3.50. The maximum atomic E-state index is 12.2. The first-order valence-corrected chi connectivity index (χ1v) is 9.14. The van der Waals surface area contributed by atoms with Crippen molar-refractivity contribution in [3.63, 3.8) is 0 Å². The van der Waals surface area contributed by atoms with Crippen molar-refractivity contribution in [1.29, 1.82) is 5.26 Å². The van der Waals surface area contributed by atoms with Gasteiger partial charge < -0.3 is 14.2 Å². The highest BCUT2D eigenvalue weighted by Gasteiger charge is 2.12. The van der Waals surface area contributed by atoms with E-state index in [2.05, 4.69) is 0 Å². The highest BCUT2D eigenvalue weighted by atomic mass is 16.6. The molecule has 0 amide bonds. The van der Waals surface area contributed by atoms with E-state index in [4.69, 9.17) is 19.5 Å². The molecule has 0 atom stereocenters. The molecule has 0 unspecified atom stereocenters. The lowest BCUT2D eigenvalue weighted by Gasteiger charge is -2.12. The van der Waals surface area contributed by atoms with Crippen LogP contribution < -0.4 is 9.47 Å². The molecule has 0 spiro atoms. The summed E-state index contributed by atoms with van der Waals surface area (Å²) in [6.07, 6.45) is 1.38. The largest absolute Gasteiger partial charge is 0.482 e. The maximum Gasteiger partial charge on any atom is 0.349 e. The molecule has 0 heterocycles. The van der Waals surface area contributed by atoms with Gasteiger partial charge in [0.25, 0.3) is 0 Å². The summed E-state index contributed by atoms with van der Waals surface area (Å²) in [5, 5.41) is 9.12. The third kappa shape index (κ3) is 6.22. The van der Waals surface area contributed by atoms with Crippen molar-refractivity contribution in [1.82, 2.24) is 0 Å². The summed E-state index contributed by atoms with van der Waals surface area (Å²) in [6, 6.07) is 12.2. The lowest BCUT2D eigenvalue weighted by atomic mass is 10.1. The summed E-state index contributed by atoms with van der Waals surface area (Å²) >= 11 is 0. The molecule has 0 fully saturated rings. The molecule has 0 saturated carbocycles. The number of nitriles is 1. The van der Waals surface area contributed by atoms with Crippen LogP contribution in [0.4, 0.5) is 0 Å². The molecule has 2 aromatic rings. The van der Waals surface area contributed by atoms with Gasteiger partial charge >= 0.3 is 11.9 Å². The minimum Gasteiger partial charge on any atom is -0.482 e. The lowest BCUT2D eigenvalue weighted by Crippen LogP contribution is -2.18. The summed E-state index contributed by atoms with van der Waals surface area (Å²) in [4.78, 5) is 23.9. The Morgan fingerprint density at radius 3 is 2.59 bits per heavy atom. The van der Waals surface area contributed by atoms with Crippen LogP contribution in [0, 0.1) is 32.1 Å². The molecule has 6 nitrogen and oxygen atoms in total. The number of hydrogen-bond acceptors (Lipinski definition) is 6. The fourth-order valence-electron chi connectivity index (χ4n) is 2.63. The molecule has 0 radical (unpaired) electrons. The number of aryl methyl sites for hydroxylation is 2. The van der Waals surface area contributed by atoms with Crippen molar-refractivity contribution in [2.45, 2.75) is 27.7 Å². The van der Waals surface area contributed by atoms with E-state index < -0.39 is 11.9 Å². The first-order valence-electron chi connectivity index (χ1n) is 9.14. The second kappa shape index (κ2) is 10.1. The maximum absolute atomic E-state index is 12.2. The zero-order valence-electron chi connectivity index (χ0n) is 16.9. The van der Waals surface area contributed by atoms with Crippen LogP contribution in [0.1, 0.15) is 29.2 Å². The van der Waals surface area contributed by atoms with Crippen molar-refractivity contribution in [3.8, 4) is 17.6 Å². The number of carbonyl (C=O) groups excluding carboxylic acids is 2. The Bertz CT molecular complexity index is 985. The molecular weight excluding hydrogens is 370 g/mol. The average molecular weight is 393 g/mol. The summed E-state index contributed by atoms with van der Waals surface area (Å²) in [7, 11) is 0. The van der Waals surface area contributed by atoms with Crippen LogP contribution in [0.15, 0.2) is 42.0 Å². The number of esters is 2. The Kier molecular flexibility index (Phi) is 7.55. The number of ether oxygens (including phenoxy) is 3. The summed E-state index contributed by atoms with van der Waals surface area (Å²) in [5.74, 6) is -0.333. The average Bonchev–Trinajstić information content (AvgIpc) is 2.68. The summed E-state index contributed by atoms with van der Waals surface area (Å²) < 4.78 is 15.8. The molecule has 6 heteroatoms. The minimum atomic E-state index is -0.699. The molecule has 0 bridgehead atoms. The molecule has 0 aromatic heterocycles. The van der Waals surface area contributed by atoms with Crippen LogP contribution in [0.5, 0.6) is 11.5 Å². The van der Waals surface area contributed by atoms with Gasteiger partial charge in [-0.3, -0.25) is 0 Å². The van der Waals surface area contributed by atoms with Crippen molar-refractivity contribution < 1.29 is 23.8 Å². The molecule has 0 aliphatic heterocycles. The van der Waals surface area contributed by atoms with Gasteiger partial charge in [0.2, 0.25) is 0 Å². The first kappa shape index (κ1) is 21.7. The van der Waals surface area contributed by atoms with E-state index in [1.807, 2.05) is 32.9 Å². The zero-order chi connectivity index (χ0) is 21.4. The van der Waals surface area contributed by atoms with Crippen molar-refractivity contribution >= 4 is 18.0 Å². The minimum absolute atomic E-state index is 0.135. The highest BCUT2D eigenvalue weighted by molar-refractivity contribution is 5.97. The second-order valence-corrected chi connectivity index (χ2v) is 6.43. The molecular formula is C23H23NO5. The third-order valence-electron chi connectivity index (χ3n) is 4.13. The van der Waals surface area contributed by atoms with E-state index >= 15 is 0 Å². The molecule has 2 aromatic carbocycles. The fourth-order valence-corrected chi connectivity index (χ4v) is 2.63. The van der Waals surface area contributed by atoms with Gasteiger partial charge in [-0.25, -0.2) is 9.59 Å². The predicted octanol–water partition coefficient (Wildman–Crippen LogP) is 4.07. The van der Waals surface area contributed by atoms with Crippen molar-refractivity contribution in [3.05, 3.63) is 64.2 Å². The zero-order valence-corrected chi connectivity index (χ0v) is 16.9. The smallest absolute Gasteiger partial charge is 0.349 e. The number of carbonyl (C=O) groups is 2. The van der Waals surface area contributed by atoms with E-state index in [0.29, 0.717) is 11.3 Å². The van der Waals surface area contributed by atoms with Crippen LogP contribution in [0.3, 0.4) is 0 Å². The van der Waals surface area contributed by atoms with E-state index in [1.54, 1.807) is 37.3 Å². The van der Waals surface area contributed by atoms with Crippen LogP contribution in [0.25, 0.3) is 6.08 Å². The third-order valence-corrected chi connectivity index (χ3v) is 4.13. The Morgan fingerprint density at radius 2 is 1.90 bits per heavy atom.